The van der Waals surface area contributed by atoms with Gasteiger partial charge in [0.15, 0.2) is 0 Å². The van der Waals surface area contributed by atoms with Crippen molar-refractivity contribution in [2.24, 2.45) is 0 Å². The lowest BCUT2D eigenvalue weighted by atomic mass is 10.1. The van der Waals surface area contributed by atoms with Crippen LogP contribution in [0.5, 0.6) is 5.75 Å². The van der Waals surface area contributed by atoms with E-state index in [-0.39, 0.29) is 12.6 Å². The van der Waals surface area contributed by atoms with E-state index in [0.717, 1.165) is 43.0 Å². The van der Waals surface area contributed by atoms with Crippen LogP contribution < -0.4 is 4.74 Å². The molecule has 0 bridgehead atoms. The lowest BCUT2D eigenvalue weighted by Gasteiger charge is -2.30. The van der Waals surface area contributed by atoms with Crippen molar-refractivity contribution in [2.75, 3.05) is 26.3 Å². The summed E-state index contributed by atoms with van der Waals surface area (Å²) in [6, 6.07) is 9.54. The molecule has 0 amide bonds. The molecule has 0 spiro atoms. The Morgan fingerprint density at radius 2 is 1.73 bits per heavy atom. The van der Waals surface area contributed by atoms with Crippen LogP contribution in [-0.4, -0.2) is 37.2 Å². The number of nitrogens with zero attached hydrogens (tertiary/aromatic N) is 1. The van der Waals surface area contributed by atoms with E-state index in [1.807, 2.05) is 44.2 Å². The van der Waals surface area contributed by atoms with Crippen molar-refractivity contribution in [1.82, 2.24) is 4.90 Å². The summed E-state index contributed by atoms with van der Waals surface area (Å²) in [6.07, 6.45) is 3.52. The van der Waals surface area contributed by atoms with Crippen molar-refractivity contribution in [3.63, 3.8) is 0 Å². The molecule has 1 heterocycles. The van der Waals surface area contributed by atoms with Crippen LogP contribution in [0.1, 0.15) is 33.1 Å². The molecule has 0 aliphatic carbocycles. The highest BCUT2D eigenvalue weighted by molar-refractivity contribution is 5.88. The summed E-state index contributed by atoms with van der Waals surface area (Å²) in [5, 5.41) is 0. The van der Waals surface area contributed by atoms with Gasteiger partial charge in [-0.3, -0.25) is 0 Å². The van der Waals surface area contributed by atoms with Gasteiger partial charge in [-0.2, -0.15) is 0 Å². The van der Waals surface area contributed by atoms with Gasteiger partial charge in [0, 0.05) is 13.1 Å². The minimum absolute atomic E-state index is 0.237. The molecule has 1 aliphatic heterocycles. The molecule has 4 heteroatoms. The zero-order valence-corrected chi connectivity index (χ0v) is 13.5. The van der Waals surface area contributed by atoms with E-state index in [1.54, 1.807) is 0 Å². The molecule has 4 nitrogen and oxygen atoms in total. The van der Waals surface area contributed by atoms with Gasteiger partial charge in [0.25, 0.3) is 0 Å². The number of benzene rings is 1. The average molecular weight is 303 g/mol. The maximum Gasteiger partial charge on any atom is 0.354 e. The van der Waals surface area contributed by atoms with Crippen LogP contribution in [0.15, 0.2) is 41.6 Å². The molecule has 0 unspecified atom stereocenters. The third-order valence-electron chi connectivity index (χ3n) is 3.67. The Balaban J connectivity index is 1.80. The normalized spacial score (nSPS) is 14.4. The molecule has 1 aromatic rings. The van der Waals surface area contributed by atoms with Gasteiger partial charge in [0.2, 0.25) is 0 Å². The second-order valence-corrected chi connectivity index (χ2v) is 5.69. The first-order valence-electron chi connectivity index (χ1n) is 7.96. The van der Waals surface area contributed by atoms with Gasteiger partial charge in [0.05, 0.1) is 0 Å². The van der Waals surface area contributed by atoms with E-state index in [2.05, 4.69) is 4.90 Å². The van der Waals surface area contributed by atoms with E-state index in [1.165, 1.54) is 6.42 Å². The van der Waals surface area contributed by atoms with Crippen LogP contribution in [0.2, 0.25) is 0 Å². The Labute approximate surface area is 132 Å². The fourth-order valence-corrected chi connectivity index (χ4v) is 2.65. The SMILES string of the molecule is CC(C)=C(C(=O)OCCOc1ccccc1)N1CCCCC1. The second kappa shape index (κ2) is 8.47. The minimum Gasteiger partial charge on any atom is -0.490 e. The predicted octanol–water partition coefficient (Wildman–Crippen LogP) is 3.39. The Morgan fingerprint density at radius 1 is 1.05 bits per heavy atom. The van der Waals surface area contributed by atoms with Crippen molar-refractivity contribution >= 4 is 5.97 Å². The number of carbonyl (C=O) groups is 1. The van der Waals surface area contributed by atoms with Gasteiger partial charge in [-0.15, -0.1) is 0 Å². The first-order valence-corrected chi connectivity index (χ1v) is 7.96. The van der Waals surface area contributed by atoms with E-state index in [9.17, 15) is 4.79 Å². The highest BCUT2D eigenvalue weighted by Crippen LogP contribution is 2.18. The van der Waals surface area contributed by atoms with Crippen molar-refractivity contribution in [3.8, 4) is 5.75 Å². The lowest BCUT2D eigenvalue weighted by molar-refractivity contribution is -0.141. The number of piperidine rings is 1. The van der Waals surface area contributed by atoms with Crippen LogP contribution in [0.25, 0.3) is 0 Å². The molecular weight excluding hydrogens is 278 g/mol. The summed E-state index contributed by atoms with van der Waals surface area (Å²) in [4.78, 5) is 14.5. The second-order valence-electron chi connectivity index (χ2n) is 5.69. The summed E-state index contributed by atoms with van der Waals surface area (Å²) < 4.78 is 10.9. The van der Waals surface area contributed by atoms with Gasteiger partial charge in [-0.1, -0.05) is 18.2 Å². The Kier molecular flexibility index (Phi) is 6.31. The number of rotatable bonds is 6. The molecule has 0 N–H and O–H groups in total. The third kappa shape index (κ3) is 4.79. The topological polar surface area (TPSA) is 38.8 Å². The Bertz CT molecular complexity index is 500. The van der Waals surface area contributed by atoms with E-state index in [0.29, 0.717) is 6.61 Å². The highest BCUT2D eigenvalue weighted by Gasteiger charge is 2.22. The van der Waals surface area contributed by atoms with Gasteiger partial charge >= 0.3 is 5.97 Å². The summed E-state index contributed by atoms with van der Waals surface area (Å²) in [6.45, 7) is 6.44. The number of para-hydroxylation sites is 1. The molecule has 1 aliphatic rings. The van der Waals surface area contributed by atoms with E-state index < -0.39 is 0 Å². The van der Waals surface area contributed by atoms with Crippen molar-refractivity contribution in [3.05, 3.63) is 41.6 Å². The fourth-order valence-electron chi connectivity index (χ4n) is 2.65. The van der Waals surface area contributed by atoms with Crippen molar-refractivity contribution in [2.45, 2.75) is 33.1 Å². The Hall–Kier alpha value is -1.97. The zero-order valence-electron chi connectivity index (χ0n) is 13.5. The molecule has 1 saturated heterocycles. The summed E-state index contributed by atoms with van der Waals surface area (Å²) in [5.41, 5.74) is 1.73. The maximum absolute atomic E-state index is 12.3. The minimum atomic E-state index is -0.237. The number of hydrogen-bond acceptors (Lipinski definition) is 4. The van der Waals surface area contributed by atoms with Crippen LogP contribution in [0.3, 0.4) is 0 Å². The molecule has 2 rings (SSSR count). The molecule has 0 radical (unpaired) electrons. The summed E-state index contributed by atoms with van der Waals surface area (Å²) >= 11 is 0. The van der Waals surface area contributed by atoms with Crippen molar-refractivity contribution in [1.29, 1.82) is 0 Å². The summed E-state index contributed by atoms with van der Waals surface area (Å²) in [7, 11) is 0. The molecule has 22 heavy (non-hydrogen) atoms. The van der Waals surface area contributed by atoms with Gasteiger partial charge in [-0.05, 0) is 50.8 Å². The lowest BCUT2D eigenvalue weighted by Crippen LogP contribution is -2.34. The van der Waals surface area contributed by atoms with Crippen LogP contribution in [0.4, 0.5) is 0 Å². The number of hydrogen-bond donors (Lipinski definition) is 0. The standard InChI is InChI=1S/C18H25NO3/c1-15(2)17(19-11-7-4-8-12-19)18(20)22-14-13-21-16-9-5-3-6-10-16/h3,5-6,9-10H,4,7-8,11-14H2,1-2H3. The quantitative estimate of drug-likeness (QED) is 0.459. The molecule has 1 fully saturated rings. The molecule has 0 aromatic heterocycles. The number of esters is 1. The van der Waals surface area contributed by atoms with E-state index in [4.69, 9.17) is 9.47 Å². The predicted molar refractivity (Wildman–Crippen MR) is 86.7 cm³/mol. The first-order chi connectivity index (χ1) is 10.7. The maximum atomic E-state index is 12.3. The summed E-state index contributed by atoms with van der Waals surface area (Å²) in [5.74, 6) is 0.551. The molecule has 1 aromatic carbocycles. The van der Waals surface area contributed by atoms with Crippen molar-refractivity contribution < 1.29 is 14.3 Å². The smallest absolute Gasteiger partial charge is 0.354 e. The van der Waals surface area contributed by atoms with Crippen LogP contribution in [0, 0.1) is 0 Å². The largest absolute Gasteiger partial charge is 0.490 e. The zero-order chi connectivity index (χ0) is 15.8. The highest BCUT2D eigenvalue weighted by atomic mass is 16.6. The number of allylic oxidation sites excluding steroid dienone is 1. The average Bonchev–Trinajstić information content (AvgIpc) is 2.53. The fraction of sp³-hybridized carbons (Fsp3) is 0.500. The van der Waals surface area contributed by atoms with Gasteiger partial charge < -0.3 is 14.4 Å². The molecule has 120 valence electrons. The first kappa shape index (κ1) is 16.4. The van der Waals surface area contributed by atoms with Gasteiger partial charge in [0.1, 0.15) is 24.7 Å². The Morgan fingerprint density at radius 3 is 2.36 bits per heavy atom. The van der Waals surface area contributed by atoms with E-state index >= 15 is 0 Å². The number of ether oxygens (including phenoxy) is 2. The molecule has 0 atom stereocenters. The van der Waals surface area contributed by atoms with Gasteiger partial charge in [-0.25, -0.2) is 4.79 Å². The monoisotopic (exact) mass is 303 g/mol. The number of likely N-dealkylation sites (tertiary alicyclic amines) is 1. The molecular formula is C18H25NO3. The van der Waals surface area contributed by atoms with Crippen LogP contribution >= 0.6 is 0 Å². The molecule has 0 saturated carbocycles. The van der Waals surface area contributed by atoms with Crippen LogP contribution in [-0.2, 0) is 9.53 Å². The number of carbonyl (C=O) groups excluding carboxylic acids is 1. The third-order valence-corrected chi connectivity index (χ3v) is 3.67.